The van der Waals surface area contributed by atoms with Gasteiger partial charge in [-0.1, -0.05) is 101 Å². The molecule has 14 rings (SSSR count). The molecule has 9 fully saturated rings. The van der Waals surface area contributed by atoms with Crippen molar-refractivity contribution in [2.75, 3.05) is 0 Å². The number of halogens is 2. The minimum atomic E-state index is 0. The van der Waals surface area contributed by atoms with Gasteiger partial charge in [0.25, 0.3) is 0 Å². The van der Waals surface area contributed by atoms with Crippen molar-refractivity contribution in [3.8, 4) is 11.1 Å². The molecule has 0 amide bonds. The molecule has 0 nitrogen and oxygen atoms in total. The Kier molecular flexibility index (Phi) is 10.4. The van der Waals surface area contributed by atoms with Crippen LogP contribution in [0.15, 0.2) is 59.2 Å². The van der Waals surface area contributed by atoms with Crippen molar-refractivity contribution in [2.45, 2.75) is 173 Å². The first-order valence-electron chi connectivity index (χ1n) is 23.4. The molecule has 298 valence electrons. The summed E-state index contributed by atoms with van der Waals surface area (Å²) >= 11 is 0. The van der Waals surface area contributed by atoms with Crippen LogP contribution in [0.5, 0.6) is 0 Å². The summed E-state index contributed by atoms with van der Waals surface area (Å²) in [5.74, 6) is 8.13. The van der Waals surface area contributed by atoms with Crippen LogP contribution in [0.1, 0.15) is 184 Å². The van der Waals surface area contributed by atoms with Crippen molar-refractivity contribution in [3.63, 3.8) is 0 Å². The smallest absolute Gasteiger partial charge is 1.00 e. The predicted molar refractivity (Wildman–Crippen MR) is 220 cm³/mol. The molecule has 0 heterocycles. The van der Waals surface area contributed by atoms with E-state index in [9.17, 15) is 0 Å². The van der Waals surface area contributed by atoms with Gasteiger partial charge in [-0.15, -0.1) is 0 Å². The van der Waals surface area contributed by atoms with Crippen molar-refractivity contribution in [1.82, 2.24) is 0 Å². The van der Waals surface area contributed by atoms with E-state index < -0.39 is 0 Å². The Labute approximate surface area is 372 Å². The Bertz CT molecular complexity index is 1770. The van der Waals surface area contributed by atoms with E-state index in [0.29, 0.717) is 16.7 Å². The van der Waals surface area contributed by atoms with Crippen molar-refractivity contribution < 1.29 is 51.0 Å². The van der Waals surface area contributed by atoms with E-state index in [1.54, 1.807) is 39.0 Å². The van der Waals surface area contributed by atoms with Gasteiger partial charge in [-0.2, -0.15) is 0 Å². The fourth-order valence-corrected chi connectivity index (χ4v) is 17.8. The van der Waals surface area contributed by atoms with Gasteiger partial charge in [0.1, 0.15) is 0 Å². The van der Waals surface area contributed by atoms with Crippen LogP contribution in [0.25, 0.3) is 11.1 Å². The van der Waals surface area contributed by atoms with E-state index in [1.807, 2.05) is 11.1 Å². The van der Waals surface area contributed by atoms with Crippen LogP contribution < -0.4 is 24.8 Å². The SMILES string of the molecule is CCC1(C2c3ccc(C45CC6CC(CC(C6)C4)C5)cc3-c3cc(C45CC6CC(CC(C6)C4)C5)ccc32)CC(C2CCCCC2)C2=C1C=C(C(C)(C)C)C2.[Cl-].[Cl-].[Zr+2]. The van der Waals surface area contributed by atoms with Gasteiger partial charge >= 0.3 is 26.2 Å². The van der Waals surface area contributed by atoms with Crippen LogP contribution in [0.2, 0.25) is 0 Å². The van der Waals surface area contributed by atoms with E-state index in [2.05, 4.69) is 70.2 Å². The molecule has 0 saturated heterocycles. The van der Waals surface area contributed by atoms with E-state index in [0.717, 1.165) is 47.3 Å². The zero-order valence-corrected chi connectivity index (χ0v) is 39.1. The number of benzene rings is 2. The van der Waals surface area contributed by atoms with E-state index in [-0.39, 0.29) is 61.8 Å². The fraction of sp³-hybridized carbons (Fsp3) is 0.698. The van der Waals surface area contributed by atoms with Crippen LogP contribution in [0, 0.1) is 58.2 Å². The second-order valence-corrected chi connectivity index (χ2v) is 23.2. The summed E-state index contributed by atoms with van der Waals surface area (Å²) in [6, 6.07) is 16.7. The molecule has 12 aliphatic carbocycles. The van der Waals surface area contributed by atoms with Crippen molar-refractivity contribution in [2.24, 2.45) is 58.2 Å². The quantitative estimate of drug-likeness (QED) is 0.284. The number of hydrogen-bond donors (Lipinski definition) is 0. The van der Waals surface area contributed by atoms with Crippen LogP contribution in [-0.4, -0.2) is 0 Å². The Balaban J connectivity index is 0.00000137. The topological polar surface area (TPSA) is 0 Å². The third-order valence-electron chi connectivity index (χ3n) is 19.3. The molecule has 8 bridgehead atoms. The molecule has 9 saturated carbocycles. The summed E-state index contributed by atoms with van der Waals surface area (Å²) in [5, 5.41) is 0. The van der Waals surface area contributed by atoms with Crippen LogP contribution >= 0.6 is 0 Å². The Hall–Kier alpha value is -0.617. The fourth-order valence-electron chi connectivity index (χ4n) is 17.8. The Morgan fingerprint density at radius 1 is 0.607 bits per heavy atom. The molecular formula is C53H68Cl2Zr. The molecule has 2 unspecified atom stereocenters. The van der Waals surface area contributed by atoms with E-state index in [4.69, 9.17) is 0 Å². The first-order chi connectivity index (χ1) is 25.6. The van der Waals surface area contributed by atoms with Crippen molar-refractivity contribution >= 4 is 0 Å². The first-order valence-corrected chi connectivity index (χ1v) is 23.4. The number of hydrogen-bond acceptors (Lipinski definition) is 0. The summed E-state index contributed by atoms with van der Waals surface area (Å²) in [6.45, 7) is 10.1. The third kappa shape index (κ3) is 5.91. The second kappa shape index (κ2) is 14.2. The van der Waals surface area contributed by atoms with Gasteiger partial charge in [-0.3, -0.25) is 0 Å². The van der Waals surface area contributed by atoms with Gasteiger partial charge in [-0.25, -0.2) is 0 Å². The molecule has 3 heteroatoms. The molecule has 0 aliphatic heterocycles. The van der Waals surface area contributed by atoms with Gasteiger partial charge < -0.3 is 24.8 Å². The monoisotopic (exact) mass is 864 g/mol. The zero-order chi connectivity index (χ0) is 35.5. The average Bonchev–Trinajstić information content (AvgIpc) is 3.81. The van der Waals surface area contributed by atoms with Crippen LogP contribution in [-0.2, 0) is 37.0 Å². The molecule has 2 atom stereocenters. The normalized spacial score (nSPS) is 41.1. The minimum absolute atomic E-state index is 0. The molecular weight excluding hydrogens is 799 g/mol. The maximum Gasteiger partial charge on any atom is 2.00 e. The predicted octanol–water partition coefficient (Wildman–Crippen LogP) is 8.41. The maximum absolute atomic E-state index is 2.86. The zero-order valence-electron chi connectivity index (χ0n) is 35.1. The van der Waals surface area contributed by atoms with Crippen molar-refractivity contribution in [1.29, 1.82) is 0 Å². The second-order valence-electron chi connectivity index (χ2n) is 23.2. The van der Waals surface area contributed by atoms with Crippen LogP contribution in [0.4, 0.5) is 0 Å². The van der Waals surface area contributed by atoms with Gasteiger partial charge in [0.05, 0.1) is 0 Å². The molecule has 0 aromatic heterocycles. The molecule has 0 radical (unpaired) electrons. The molecule has 12 aliphatic rings. The van der Waals surface area contributed by atoms with Gasteiger partial charge in [0.15, 0.2) is 0 Å². The van der Waals surface area contributed by atoms with Gasteiger partial charge in [-0.05, 0) is 212 Å². The summed E-state index contributed by atoms with van der Waals surface area (Å²) in [7, 11) is 0. The largest absolute Gasteiger partial charge is 2.00 e. The first kappa shape index (κ1) is 40.8. The summed E-state index contributed by atoms with van der Waals surface area (Å²) in [6.07, 6.45) is 32.1. The molecule has 0 N–H and O–H groups in total. The maximum atomic E-state index is 2.86. The summed E-state index contributed by atoms with van der Waals surface area (Å²) in [4.78, 5) is 0. The van der Waals surface area contributed by atoms with Crippen molar-refractivity contribution in [3.05, 3.63) is 81.4 Å². The Morgan fingerprint density at radius 2 is 1.05 bits per heavy atom. The standard InChI is InChI=1S/C53H68.2ClH.Zr/c1-5-53(31-47(38-9-7-6-8-10-38)46-23-41(24-48(46)53)50(2,3)4)49-42-13-11-39(51-25-32-15-33(26-51)17-34(16-32)27-51)21-44(42)45-22-40(12-14-43(45)49)52-28-35-18-36(29-52)20-37(19-35)30-52;;;/h11-14,21-22,24,32-38,47,49H,5-10,15-20,23,25-31H2,1-4H3;2*1H;/q;;;+2/p-2. The van der Waals surface area contributed by atoms with E-state index in [1.165, 1.54) is 128 Å². The molecule has 2 aromatic rings. The summed E-state index contributed by atoms with van der Waals surface area (Å²) in [5.41, 5.74) is 17.1. The number of rotatable bonds is 5. The molecule has 2 aromatic carbocycles. The van der Waals surface area contributed by atoms with Gasteiger partial charge in [0, 0.05) is 11.3 Å². The molecule has 56 heavy (non-hydrogen) atoms. The number of fused-ring (bicyclic) bond motifs is 3. The number of allylic oxidation sites excluding steroid dienone is 4. The van der Waals surface area contributed by atoms with Crippen LogP contribution in [0.3, 0.4) is 0 Å². The Morgan fingerprint density at radius 3 is 1.46 bits per heavy atom. The molecule has 0 spiro atoms. The summed E-state index contributed by atoms with van der Waals surface area (Å²) < 4.78 is 0. The third-order valence-corrected chi connectivity index (χ3v) is 19.3. The van der Waals surface area contributed by atoms with Gasteiger partial charge in [0.2, 0.25) is 0 Å². The minimum Gasteiger partial charge on any atom is -1.00 e. The van der Waals surface area contributed by atoms with E-state index >= 15 is 0 Å². The average molecular weight is 867 g/mol.